The van der Waals surface area contributed by atoms with Gasteiger partial charge in [-0.1, -0.05) is 24.5 Å². The lowest BCUT2D eigenvalue weighted by Gasteiger charge is -2.07. The summed E-state index contributed by atoms with van der Waals surface area (Å²) >= 11 is 0. The molecule has 1 fully saturated rings. The van der Waals surface area contributed by atoms with Crippen molar-refractivity contribution in [3.05, 3.63) is 23.8 Å². The predicted octanol–water partition coefficient (Wildman–Crippen LogP) is 2.42. The lowest BCUT2D eigenvalue weighted by molar-refractivity contribution is 0.527. The smallest absolute Gasteiger partial charge is 0.184 e. The molecular weight excluding hydrogens is 238 g/mol. The molecule has 5 nitrogen and oxygen atoms in total. The molecule has 0 unspecified atom stereocenters. The molecule has 0 spiro atoms. The van der Waals surface area contributed by atoms with E-state index in [9.17, 15) is 0 Å². The highest BCUT2D eigenvalue weighted by molar-refractivity contribution is 5.71. The van der Waals surface area contributed by atoms with Crippen LogP contribution in [-0.2, 0) is 6.54 Å². The van der Waals surface area contributed by atoms with Gasteiger partial charge in [-0.2, -0.15) is 0 Å². The second-order valence-electron chi connectivity index (χ2n) is 5.40. The van der Waals surface area contributed by atoms with Gasteiger partial charge < -0.3 is 5.73 Å². The molecule has 0 amide bonds. The maximum atomic E-state index is 6.03. The van der Waals surface area contributed by atoms with Crippen LogP contribution in [0.4, 0.5) is 5.69 Å². The third kappa shape index (κ3) is 2.75. The standard InChI is InChI=1S/C14H19N5/c1-10-4-7-13(15)12(9-10)14-16-17-18-19(14)8-2-3-11-5-6-11/h4,7,9,11H,2-3,5-6,8,15H2,1H3. The number of tetrazole rings is 1. The van der Waals surface area contributed by atoms with Crippen molar-refractivity contribution in [3.8, 4) is 11.4 Å². The van der Waals surface area contributed by atoms with Crippen LogP contribution in [-0.4, -0.2) is 20.2 Å². The lowest BCUT2D eigenvalue weighted by atomic mass is 10.1. The van der Waals surface area contributed by atoms with Gasteiger partial charge >= 0.3 is 0 Å². The molecule has 5 heteroatoms. The highest BCUT2D eigenvalue weighted by atomic mass is 15.5. The zero-order valence-corrected chi connectivity index (χ0v) is 11.2. The molecule has 1 aliphatic carbocycles. The van der Waals surface area contributed by atoms with E-state index in [1.54, 1.807) is 0 Å². The van der Waals surface area contributed by atoms with E-state index < -0.39 is 0 Å². The highest BCUT2D eigenvalue weighted by Gasteiger charge is 2.20. The maximum absolute atomic E-state index is 6.03. The summed E-state index contributed by atoms with van der Waals surface area (Å²) in [6, 6.07) is 5.95. The van der Waals surface area contributed by atoms with Crippen LogP contribution in [0.1, 0.15) is 31.2 Å². The average Bonchev–Trinajstić information content (AvgIpc) is 3.10. The number of hydrogen-bond acceptors (Lipinski definition) is 4. The van der Waals surface area contributed by atoms with Crippen LogP contribution < -0.4 is 5.73 Å². The van der Waals surface area contributed by atoms with Crippen molar-refractivity contribution < 1.29 is 0 Å². The summed E-state index contributed by atoms with van der Waals surface area (Å²) < 4.78 is 1.87. The van der Waals surface area contributed by atoms with Crippen molar-refractivity contribution in [2.75, 3.05) is 5.73 Å². The lowest BCUT2D eigenvalue weighted by Crippen LogP contribution is -2.05. The zero-order valence-electron chi connectivity index (χ0n) is 11.2. The third-order valence-electron chi connectivity index (χ3n) is 3.66. The van der Waals surface area contributed by atoms with Crippen molar-refractivity contribution in [3.63, 3.8) is 0 Å². The quantitative estimate of drug-likeness (QED) is 0.835. The molecule has 3 rings (SSSR count). The minimum absolute atomic E-state index is 0.726. The Hall–Kier alpha value is -1.91. The van der Waals surface area contributed by atoms with Crippen molar-refractivity contribution in [2.45, 2.75) is 39.2 Å². The maximum Gasteiger partial charge on any atom is 0.184 e. The summed E-state index contributed by atoms with van der Waals surface area (Å²) in [5, 5.41) is 12.0. The van der Waals surface area contributed by atoms with Gasteiger partial charge in [-0.15, -0.1) is 5.10 Å². The summed E-state index contributed by atoms with van der Waals surface area (Å²) in [5.41, 5.74) is 8.84. The molecule has 1 aromatic carbocycles. The predicted molar refractivity (Wildman–Crippen MR) is 74.4 cm³/mol. The molecule has 1 aliphatic rings. The molecule has 0 aliphatic heterocycles. The second-order valence-corrected chi connectivity index (χ2v) is 5.40. The molecular formula is C14H19N5. The molecule has 19 heavy (non-hydrogen) atoms. The normalized spacial score (nSPS) is 14.8. The topological polar surface area (TPSA) is 69.6 Å². The molecule has 0 atom stereocenters. The van der Waals surface area contributed by atoms with Crippen molar-refractivity contribution in [1.29, 1.82) is 0 Å². The van der Waals surface area contributed by atoms with Gasteiger partial charge in [-0.3, -0.25) is 0 Å². The largest absolute Gasteiger partial charge is 0.398 e. The summed E-state index contributed by atoms with van der Waals surface area (Å²) in [4.78, 5) is 0. The van der Waals surface area contributed by atoms with Crippen LogP contribution in [0.5, 0.6) is 0 Å². The number of nitrogens with zero attached hydrogens (tertiary/aromatic N) is 4. The van der Waals surface area contributed by atoms with Gasteiger partial charge in [-0.05, 0) is 48.2 Å². The molecule has 0 saturated heterocycles. The number of nitrogen functional groups attached to an aromatic ring is 1. The number of anilines is 1. The van der Waals surface area contributed by atoms with Crippen LogP contribution in [0, 0.1) is 12.8 Å². The first-order valence-electron chi connectivity index (χ1n) is 6.86. The fourth-order valence-corrected chi connectivity index (χ4v) is 2.35. The van der Waals surface area contributed by atoms with Crippen LogP contribution in [0.3, 0.4) is 0 Å². The first-order chi connectivity index (χ1) is 9.24. The van der Waals surface area contributed by atoms with Crippen LogP contribution in [0.25, 0.3) is 11.4 Å². The monoisotopic (exact) mass is 257 g/mol. The minimum atomic E-state index is 0.726. The van der Waals surface area contributed by atoms with Gasteiger partial charge in [-0.25, -0.2) is 4.68 Å². The molecule has 0 radical (unpaired) electrons. The first-order valence-corrected chi connectivity index (χ1v) is 6.86. The highest BCUT2D eigenvalue weighted by Crippen LogP contribution is 2.33. The fraction of sp³-hybridized carbons (Fsp3) is 0.500. The van der Waals surface area contributed by atoms with Gasteiger partial charge in [0.15, 0.2) is 5.82 Å². The minimum Gasteiger partial charge on any atom is -0.398 e. The Morgan fingerprint density at radius 3 is 3.00 bits per heavy atom. The van der Waals surface area contributed by atoms with E-state index in [1.807, 2.05) is 29.8 Å². The van der Waals surface area contributed by atoms with Gasteiger partial charge in [0.25, 0.3) is 0 Å². The van der Waals surface area contributed by atoms with E-state index >= 15 is 0 Å². The molecule has 2 aromatic rings. The molecule has 2 N–H and O–H groups in total. The molecule has 1 aromatic heterocycles. The van der Waals surface area contributed by atoms with E-state index in [4.69, 9.17) is 5.73 Å². The van der Waals surface area contributed by atoms with Crippen LogP contribution in [0.2, 0.25) is 0 Å². The number of benzene rings is 1. The Bertz CT molecular complexity index is 571. The van der Waals surface area contributed by atoms with Crippen LogP contribution >= 0.6 is 0 Å². The fourth-order valence-electron chi connectivity index (χ4n) is 2.35. The second kappa shape index (κ2) is 4.99. The Balaban J connectivity index is 1.79. The summed E-state index contributed by atoms with van der Waals surface area (Å²) in [7, 11) is 0. The Morgan fingerprint density at radius 2 is 2.21 bits per heavy atom. The third-order valence-corrected chi connectivity index (χ3v) is 3.66. The van der Waals surface area contributed by atoms with Gasteiger partial charge in [0.05, 0.1) is 0 Å². The Morgan fingerprint density at radius 1 is 1.37 bits per heavy atom. The van der Waals surface area contributed by atoms with Crippen molar-refractivity contribution >= 4 is 5.69 Å². The first kappa shape index (κ1) is 12.1. The van der Waals surface area contributed by atoms with Gasteiger partial charge in [0, 0.05) is 17.8 Å². The number of aryl methyl sites for hydroxylation is 2. The molecule has 0 bridgehead atoms. The van der Waals surface area contributed by atoms with E-state index in [0.717, 1.165) is 41.5 Å². The molecule has 1 heterocycles. The average molecular weight is 257 g/mol. The zero-order chi connectivity index (χ0) is 13.2. The number of hydrogen-bond donors (Lipinski definition) is 1. The summed E-state index contributed by atoms with van der Waals surface area (Å²) in [6.07, 6.45) is 5.21. The Kier molecular flexibility index (Phi) is 3.19. The van der Waals surface area contributed by atoms with E-state index in [2.05, 4.69) is 15.5 Å². The number of aromatic nitrogens is 4. The van der Waals surface area contributed by atoms with Gasteiger partial charge in [0.2, 0.25) is 0 Å². The van der Waals surface area contributed by atoms with Crippen LogP contribution in [0.15, 0.2) is 18.2 Å². The van der Waals surface area contributed by atoms with Gasteiger partial charge in [0.1, 0.15) is 0 Å². The van der Waals surface area contributed by atoms with E-state index in [-0.39, 0.29) is 0 Å². The van der Waals surface area contributed by atoms with Crippen molar-refractivity contribution in [1.82, 2.24) is 20.2 Å². The summed E-state index contributed by atoms with van der Waals surface area (Å²) in [5.74, 6) is 1.72. The number of nitrogens with two attached hydrogens (primary N) is 1. The SMILES string of the molecule is Cc1ccc(N)c(-c2nnnn2CCCC2CC2)c1. The molecule has 1 saturated carbocycles. The summed E-state index contributed by atoms with van der Waals surface area (Å²) in [6.45, 7) is 2.91. The molecule has 100 valence electrons. The Labute approximate surface area is 112 Å². The van der Waals surface area contributed by atoms with Crippen molar-refractivity contribution in [2.24, 2.45) is 5.92 Å². The number of rotatable bonds is 5. The van der Waals surface area contributed by atoms with E-state index in [0.29, 0.717) is 0 Å². The van der Waals surface area contributed by atoms with E-state index in [1.165, 1.54) is 19.3 Å².